The van der Waals surface area contributed by atoms with E-state index in [1.807, 2.05) is 0 Å². The van der Waals surface area contributed by atoms with Gasteiger partial charge in [0, 0.05) is 5.92 Å². The molecule has 0 aromatic heterocycles. The third-order valence-electron chi connectivity index (χ3n) is 5.20. The summed E-state index contributed by atoms with van der Waals surface area (Å²) < 4.78 is 106. The van der Waals surface area contributed by atoms with E-state index in [2.05, 4.69) is 9.47 Å². The number of carbonyl (C=O) groups excluding carboxylic acids is 2. The van der Waals surface area contributed by atoms with Crippen molar-refractivity contribution in [3.63, 3.8) is 0 Å². The number of alkyl halides is 6. The Kier molecular flexibility index (Phi) is 7.36. The molecule has 7 nitrogen and oxygen atoms in total. The van der Waals surface area contributed by atoms with Crippen LogP contribution in [-0.2, 0) is 19.1 Å². The van der Waals surface area contributed by atoms with E-state index >= 15 is 0 Å². The SMILES string of the molecule is CCOC(=O)[C@H]1C(c2ccc(F)cc2)[C@H](C(=O)OCC)[C@](O)(C(F)(F)F)N[C@]1(O)C(F)(F)F. The summed E-state index contributed by atoms with van der Waals surface area (Å²) in [6.07, 6.45) is -12.0. The number of esters is 2. The molecule has 3 N–H and O–H groups in total. The quantitative estimate of drug-likeness (QED) is 0.429. The molecule has 2 rings (SSSR count). The van der Waals surface area contributed by atoms with Gasteiger partial charge in [-0.2, -0.15) is 26.3 Å². The van der Waals surface area contributed by atoms with Crippen molar-refractivity contribution in [2.24, 2.45) is 11.8 Å². The fourth-order valence-electron chi connectivity index (χ4n) is 3.82. The molecule has 1 aromatic rings. The summed E-state index contributed by atoms with van der Waals surface area (Å²) in [7, 11) is 0. The van der Waals surface area contributed by atoms with Crippen LogP contribution in [0.3, 0.4) is 0 Å². The summed E-state index contributed by atoms with van der Waals surface area (Å²) in [6, 6.07) is 2.75. The number of benzene rings is 1. The van der Waals surface area contributed by atoms with Crippen molar-refractivity contribution in [2.45, 2.75) is 43.6 Å². The first-order chi connectivity index (χ1) is 15.0. The molecule has 0 radical (unpaired) electrons. The molecule has 14 heteroatoms. The molecule has 1 fully saturated rings. The smallest absolute Gasteiger partial charge is 0.432 e. The third-order valence-corrected chi connectivity index (χ3v) is 5.20. The van der Waals surface area contributed by atoms with E-state index in [1.54, 1.807) is 0 Å². The third kappa shape index (κ3) is 4.64. The summed E-state index contributed by atoms with van der Waals surface area (Å²) in [6.45, 7) is 1.30. The topological polar surface area (TPSA) is 105 Å². The van der Waals surface area contributed by atoms with Crippen molar-refractivity contribution in [1.29, 1.82) is 0 Å². The number of aliphatic hydroxyl groups is 2. The van der Waals surface area contributed by atoms with Gasteiger partial charge in [-0.25, -0.2) is 9.71 Å². The number of nitrogens with one attached hydrogen (secondary N) is 1. The van der Waals surface area contributed by atoms with Crippen molar-refractivity contribution in [2.75, 3.05) is 13.2 Å². The van der Waals surface area contributed by atoms with E-state index in [4.69, 9.17) is 0 Å². The van der Waals surface area contributed by atoms with E-state index in [-0.39, 0.29) is 0 Å². The lowest BCUT2D eigenvalue weighted by atomic mass is 9.64. The molecule has 0 bridgehead atoms. The number of piperidine rings is 1. The Morgan fingerprint density at radius 3 is 1.55 bits per heavy atom. The van der Waals surface area contributed by atoms with Gasteiger partial charge in [0.1, 0.15) is 17.7 Å². The Labute approximate surface area is 182 Å². The molecule has 1 saturated heterocycles. The predicted molar refractivity (Wildman–Crippen MR) is 94.5 cm³/mol. The predicted octanol–water partition coefficient (Wildman–Crippen LogP) is 2.37. The van der Waals surface area contributed by atoms with Gasteiger partial charge in [-0.3, -0.25) is 9.59 Å². The Morgan fingerprint density at radius 2 is 1.24 bits per heavy atom. The van der Waals surface area contributed by atoms with Gasteiger partial charge in [-0.15, -0.1) is 0 Å². The van der Waals surface area contributed by atoms with Gasteiger partial charge in [-0.05, 0) is 31.5 Å². The maximum atomic E-state index is 14.0. The second kappa shape index (κ2) is 9.06. The molecule has 0 spiro atoms. The molecule has 1 aliphatic rings. The van der Waals surface area contributed by atoms with Gasteiger partial charge in [0.15, 0.2) is 0 Å². The maximum absolute atomic E-state index is 14.0. The summed E-state index contributed by atoms with van der Waals surface area (Å²) in [5, 5.41) is 21.6. The summed E-state index contributed by atoms with van der Waals surface area (Å²) >= 11 is 0. The zero-order valence-corrected chi connectivity index (χ0v) is 17.1. The molecule has 5 atom stereocenters. The standard InChI is InChI=1S/C19H20F7NO6/c1-3-32-14(28)12-11(9-5-7-10(20)8-6-9)13(15(29)33-4-2)17(31,19(24,25)26)27-16(12,30)18(21,22)23/h5-8,11-13,27,30-31H,3-4H2,1-2H3/t11?,12-,13-,16-,17+/m1/s1. The number of hydrogen-bond acceptors (Lipinski definition) is 7. The zero-order valence-electron chi connectivity index (χ0n) is 17.1. The number of ether oxygens (including phenoxy) is 2. The largest absolute Gasteiger partial charge is 0.466 e. The molecule has 1 aliphatic heterocycles. The fraction of sp³-hybridized carbons (Fsp3) is 0.579. The van der Waals surface area contributed by atoms with Crippen LogP contribution in [0.2, 0.25) is 0 Å². The summed E-state index contributed by atoms with van der Waals surface area (Å²) in [5.74, 6) is -13.0. The first-order valence-corrected chi connectivity index (χ1v) is 9.51. The van der Waals surface area contributed by atoms with Crippen LogP contribution < -0.4 is 5.32 Å². The number of carbonyl (C=O) groups is 2. The highest BCUT2D eigenvalue weighted by Gasteiger charge is 2.78. The first-order valence-electron chi connectivity index (χ1n) is 9.51. The molecule has 1 unspecified atom stereocenters. The number of halogens is 7. The van der Waals surface area contributed by atoms with E-state index < -0.39 is 78.1 Å². The molecule has 33 heavy (non-hydrogen) atoms. The summed E-state index contributed by atoms with van der Waals surface area (Å²) in [5.41, 5.74) is -10.0. The average Bonchev–Trinajstić information content (AvgIpc) is 2.66. The lowest BCUT2D eigenvalue weighted by Crippen LogP contribution is -2.81. The molecule has 0 amide bonds. The zero-order chi connectivity index (χ0) is 25.4. The van der Waals surface area contributed by atoms with Gasteiger partial charge in [0.05, 0.1) is 13.2 Å². The molecule has 1 aromatic carbocycles. The van der Waals surface area contributed by atoms with E-state index in [0.29, 0.717) is 17.4 Å². The normalized spacial score (nSPS) is 30.6. The van der Waals surface area contributed by atoms with Crippen LogP contribution in [0, 0.1) is 17.7 Å². The molecule has 0 saturated carbocycles. The molecule has 1 heterocycles. The Hall–Kier alpha value is -2.45. The average molecular weight is 491 g/mol. The van der Waals surface area contributed by atoms with Crippen molar-refractivity contribution >= 4 is 11.9 Å². The maximum Gasteiger partial charge on any atom is 0.432 e. The minimum absolute atomic E-state index is 0.535. The van der Waals surface area contributed by atoms with Crippen LogP contribution in [-0.4, -0.2) is 59.2 Å². The fourth-order valence-corrected chi connectivity index (χ4v) is 3.82. The van der Waals surface area contributed by atoms with Gasteiger partial charge in [-0.1, -0.05) is 12.1 Å². The van der Waals surface area contributed by atoms with E-state index in [0.717, 1.165) is 12.1 Å². The van der Waals surface area contributed by atoms with Gasteiger partial charge in [0.2, 0.25) is 11.4 Å². The Bertz CT molecular complexity index is 827. The van der Waals surface area contributed by atoms with Crippen LogP contribution in [0.25, 0.3) is 0 Å². The van der Waals surface area contributed by atoms with Crippen molar-refractivity contribution in [1.82, 2.24) is 5.32 Å². The van der Waals surface area contributed by atoms with Crippen LogP contribution >= 0.6 is 0 Å². The van der Waals surface area contributed by atoms with Gasteiger partial charge < -0.3 is 19.7 Å². The van der Waals surface area contributed by atoms with Crippen LogP contribution in [0.1, 0.15) is 25.3 Å². The second-order valence-corrected chi connectivity index (χ2v) is 7.19. The highest BCUT2D eigenvalue weighted by Crippen LogP contribution is 2.55. The summed E-state index contributed by atoms with van der Waals surface area (Å²) in [4.78, 5) is 25.2. The first kappa shape index (κ1) is 26.8. The van der Waals surface area contributed by atoms with Crippen LogP contribution in [0.5, 0.6) is 0 Å². The van der Waals surface area contributed by atoms with Crippen molar-refractivity contribution in [3.8, 4) is 0 Å². The van der Waals surface area contributed by atoms with Crippen LogP contribution in [0.15, 0.2) is 24.3 Å². The molecule has 0 aliphatic carbocycles. The van der Waals surface area contributed by atoms with E-state index in [1.165, 1.54) is 13.8 Å². The number of hydrogen-bond donors (Lipinski definition) is 3. The van der Waals surface area contributed by atoms with Crippen molar-refractivity contribution in [3.05, 3.63) is 35.6 Å². The van der Waals surface area contributed by atoms with E-state index in [9.17, 15) is 50.5 Å². The van der Waals surface area contributed by atoms with Gasteiger partial charge >= 0.3 is 24.3 Å². The molecule has 186 valence electrons. The van der Waals surface area contributed by atoms with Crippen molar-refractivity contribution < 1.29 is 60.0 Å². The minimum atomic E-state index is -5.98. The molecular formula is C19H20F7NO6. The molecular weight excluding hydrogens is 471 g/mol. The highest BCUT2D eigenvalue weighted by atomic mass is 19.4. The minimum Gasteiger partial charge on any atom is -0.466 e. The lowest BCUT2D eigenvalue weighted by molar-refractivity contribution is -0.376. The Balaban J connectivity index is 2.95. The Morgan fingerprint density at radius 1 is 0.879 bits per heavy atom. The van der Waals surface area contributed by atoms with Gasteiger partial charge in [0.25, 0.3) is 0 Å². The second-order valence-electron chi connectivity index (χ2n) is 7.19. The lowest BCUT2D eigenvalue weighted by Gasteiger charge is -2.54. The van der Waals surface area contributed by atoms with Crippen LogP contribution in [0.4, 0.5) is 30.7 Å². The highest BCUT2D eigenvalue weighted by molar-refractivity contribution is 5.81. The monoisotopic (exact) mass is 491 g/mol. The number of rotatable bonds is 5.